The summed E-state index contributed by atoms with van der Waals surface area (Å²) in [6.07, 6.45) is 0.788. The molecule has 0 aliphatic heterocycles. The predicted octanol–water partition coefficient (Wildman–Crippen LogP) is 1.94. The van der Waals surface area contributed by atoms with Crippen LogP contribution in [0.25, 0.3) is 10.8 Å². The fraction of sp³-hybridized carbons (Fsp3) is 0.312. The summed E-state index contributed by atoms with van der Waals surface area (Å²) >= 11 is 0. The molecule has 20 heavy (non-hydrogen) atoms. The van der Waals surface area contributed by atoms with E-state index in [1.165, 1.54) is 0 Å². The summed E-state index contributed by atoms with van der Waals surface area (Å²) in [4.78, 5) is 12.2. The summed E-state index contributed by atoms with van der Waals surface area (Å²) in [6, 6.07) is 13.6. The van der Waals surface area contributed by atoms with E-state index in [2.05, 4.69) is 5.32 Å². The lowest BCUT2D eigenvalue weighted by Crippen LogP contribution is -2.25. The topological polar surface area (TPSA) is 64.3 Å². The highest BCUT2D eigenvalue weighted by molar-refractivity contribution is 6.06. The summed E-state index contributed by atoms with van der Waals surface area (Å²) in [6.45, 7) is 2.32. The zero-order chi connectivity index (χ0) is 14.2. The molecule has 0 aromatic heterocycles. The van der Waals surface area contributed by atoms with Gasteiger partial charge in [0.2, 0.25) is 0 Å². The Balaban J connectivity index is 1.91. The summed E-state index contributed by atoms with van der Waals surface area (Å²) in [5.41, 5.74) is 6.04. The largest absolute Gasteiger partial charge is 0.380 e. The van der Waals surface area contributed by atoms with E-state index < -0.39 is 0 Å². The Morgan fingerprint density at radius 1 is 1.10 bits per heavy atom. The van der Waals surface area contributed by atoms with Crippen LogP contribution in [-0.4, -0.2) is 32.2 Å². The Labute approximate surface area is 118 Å². The van der Waals surface area contributed by atoms with E-state index in [0.29, 0.717) is 31.9 Å². The standard InChI is InChI=1S/C16H20N2O2/c17-9-12-20-11-4-10-18-16(19)15-8-3-6-13-5-1-2-7-14(13)15/h1-3,5-8H,4,9-12,17H2,(H,18,19). The van der Waals surface area contributed by atoms with Crippen molar-refractivity contribution in [1.29, 1.82) is 0 Å². The second kappa shape index (κ2) is 7.62. The third-order valence-corrected chi connectivity index (χ3v) is 3.05. The van der Waals surface area contributed by atoms with Crippen molar-refractivity contribution in [1.82, 2.24) is 5.32 Å². The molecule has 0 fully saturated rings. The number of carbonyl (C=O) groups is 1. The lowest BCUT2D eigenvalue weighted by Gasteiger charge is -2.08. The van der Waals surface area contributed by atoms with E-state index in [1.54, 1.807) is 0 Å². The number of hydrogen-bond acceptors (Lipinski definition) is 3. The number of amides is 1. The van der Waals surface area contributed by atoms with Gasteiger partial charge in [-0.2, -0.15) is 0 Å². The highest BCUT2D eigenvalue weighted by Gasteiger charge is 2.08. The summed E-state index contributed by atoms with van der Waals surface area (Å²) < 4.78 is 5.26. The molecule has 2 aromatic rings. The van der Waals surface area contributed by atoms with Gasteiger partial charge in [0.15, 0.2) is 0 Å². The highest BCUT2D eigenvalue weighted by atomic mass is 16.5. The zero-order valence-electron chi connectivity index (χ0n) is 11.5. The molecule has 2 rings (SSSR count). The van der Waals surface area contributed by atoms with Crippen LogP contribution in [-0.2, 0) is 4.74 Å². The molecular weight excluding hydrogens is 252 g/mol. The molecule has 0 heterocycles. The van der Waals surface area contributed by atoms with Crippen LogP contribution in [0.3, 0.4) is 0 Å². The molecule has 0 atom stereocenters. The predicted molar refractivity (Wildman–Crippen MR) is 80.8 cm³/mol. The minimum atomic E-state index is -0.0411. The first-order valence-electron chi connectivity index (χ1n) is 6.86. The average molecular weight is 272 g/mol. The molecule has 2 aromatic carbocycles. The number of benzene rings is 2. The maximum atomic E-state index is 12.2. The van der Waals surface area contributed by atoms with Gasteiger partial charge >= 0.3 is 0 Å². The van der Waals surface area contributed by atoms with Gasteiger partial charge in [-0.1, -0.05) is 36.4 Å². The molecule has 0 saturated carbocycles. The Kier molecular flexibility index (Phi) is 5.53. The summed E-state index contributed by atoms with van der Waals surface area (Å²) in [5, 5.41) is 4.97. The molecule has 0 radical (unpaired) electrons. The second-order valence-corrected chi connectivity index (χ2v) is 4.54. The van der Waals surface area contributed by atoms with Gasteiger partial charge in [-0.3, -0.25) is 4.79 Å². The van der Waals surface area contributed by atoms with Gasteiger partial charge in [-0.15, -0.1) is 0 Å². The van der Waals surface area contributed by atoms with Gasteiger partial charge in [0.25, 0.3) is 5.91 Å². The minimum Gasteiger partial charge on any atom is -0.380 e. The van der Waals surface area contributed by atoms with Crippen molar-refractivity contribution in [2.24, 2.45) is 5.73 Å². The maximum absolute atomic E-state index is 12.2. The van der Waals surface area contributed by atoms with Crippen molar-refractivity contribution in [3.05, 3.63) is 48.0 Å². The Bertz CT molecular complexity index is 564. The minimum absolute atomic E-state index is 0.0411. The van der Waals surface area contributed by atoms with E-state index in [9.17, 15) is 4.79 Å². The highest BCUT2D eigenvalue weighted by Crippen LogP contribution is 2.18. The molecule has 0 saturated heterocycles. The first-order chi connectivity index (χ1) is 9.83. The van der Waals surface area contributed by atoms with E-state index in [0.717, 1.165) is 17.2 Å². The van der Waals surface area contributed by atoms with Crippen molar-refractivity contribution in [3.63, 3.8) is 0 Å². The van der Waals surface area contributed by atoms with Gasteiger partial charge in [0.1, 0.15) is 0 Å². The van der Waals surface area contributed by atoms with Crippen LogP contribution in [0.1, 0.15) is 16.8 Å². The van der Waals surface area contributed by atoms with Crippen LogP contribution in [0.2, 0.25) is 0 Å². The number of hydrogen-bond donors (Lipinski definition) is 2. The first-order valence-corrected chi connectivity index (χ1v) is 6.86. The molecule has 4 heteroatoms. The molecule has 4 nitrogen and oxygen atoms in total. The van der Waals surface area contributed by atoms with E-state index >= 15 is 0 Å². The average Bonchev–Trinajstić information content (AvgIpc) is 2.50. The molecule has 0 bridgehead atoms. The van der Waals surface area contributed by atoms with Crippen molar-refractivity contribution in [2.75, 3.05) is 26.3 Å². The normalized spacial score (nSPS) is 10.7. The number of ether oxygens (including phenoxy) is 1. The van der Waals surface area contributed by atoms with Gasteiger partial charge < -0.3 is 15.8 Å². The number of nitrogens with two attached hydrogens (primary N) is 1. The molecule has 1 amide bonds. The van der Waals surface area contributed by atoms with Gasteiger partial charge in [-0.05, 0) is 23.3 Å². The Morgan fingerprint density at radius 3 is 2.75 bits per heavy atom. The number of fused-ring (bicyclic) bond motifs is 1. The third kappa shape index (κ3) is 3.79. The fourth-order valence-corrected chi connectivity index (χ4v) is 2.08. The lowest BCUT2D eigenvalue weighted by molar-refractivity contribution is 0.0944. The molecule has 0 spiro atoms. The van der Waals surface area contributed by atoms with Crippen LogP contribution in [0.4, 0.5) is 0 Å². The molecule has 106 valence electrons. The lowest BCUT2D eigenvalue weighted by atomic mass is 10.0. The second-order valence-electron chi connectivity index (χ2n) is 4.54. The molecule has 0 aliphatic carbocycles. The number of nitrogens with one attached hydrogen (secondary N) is 1. The van der Waals surface area contributed by atoms with Gasteiger partial charge in [0, 0.05) is 25.3 Å². The van der Waals surface area contributed by atoms with Crippen LogP contribution in [0.15, 0.2) is 42.5 Å². The number of carbonyl (C=O) groups excluding carboxylic acids is 1. The zero-order valence-corrected chi connectivity index (χ0v) is 11.5. The first kappa shape index (κ1) is 14.5. The van der Waals surface area contributed by atoms with Gasteiger partial charge in [-0.25, -0.2) is 0 Å². The summed E-state index contributed by atoms with van der Waals surface area (Å²) in [5.74, 6) is -0.0411. The molecule has 3 N–H and O–H groups in total. The molecular formula is C16H20N2O2. The number of rotatable bonds is 7. The SMILES string of the molecule is NCCOCCCNC(=O)c1cccc2ccccc12. The van der Waals surface area contributed by atoms with Crippen LogP contribution in [0.5, 0.6) is 0 Å². The summed E-state index contributed by atoms with van der Waals surface area (Å²) in [7, 11) is 0. The van der Waals surface area contributed by atoms with Crippen molar-refractivity contribution >= 4 is 16.7 Å². The molecule has 0 aliphatic rings. The molecule has 0 unspecified atom stereocenters. The monoisotopic (exact) mass is 272 g/mol. The Morgan fingerprint density at radius 2 is 1.90 bits per heavy atom. The quantitative estimate of drug-likeness (QED) is 0.757. The van der Waals surface area contributed by atoms with E-state index in [1.807, 2.05) is 42.5 Å². The van der Waals surface area contributed by atoms with E-state index in [4.69, 9.17) is 10.5 Å². The maximum Gasteiger partial charge on any atom is 0.251 e. The van der Waals surface area contributed by atoms with Gasteiger partial charge in [0.05, 0.1) is 6.61 Å². The van der Waals surface area contributed by atoms with E-state index in [-0.39, 0.29) is 5.91 Å². The van der Waals surface area contributed by atoms with Crippen LogP contribution in [0, 0.1) is 0 Å². The smallest absolute Gasteiger partial charge is 0.251 e. The van der Waals surface area contributed by atoms with Crippen molar-refractivity contribution < 1.29 is 9.53 Å². The Hall–Kier alpha value is -1.91. The van der Waals surface area contributed by atoms with Crippen LogP contribution >= 0.6 is 0 Å². The van der Waals surface area contributed by atoms with Crippen LogP contribution < -0.4 is 11.1 Å². The fourth-order valence-electron chi connectivity index (χ4n) is 2.08. The van der Waals surface area contributed by atoms with Crippen molar-refractivity contribution in [3.8, 4) is 0 Å². The third-order valence-electron chi connectivity index (χ3n) is 3.05. The van der Waals surface area contributed by atoms with Crippen molar-refractivity contribution in [2.45, 2.75) is 6.42 Å².